The first-order valence-electron chi connectivity index (χ1n) is 7.34. The number of piperidine rings is 1. The second-order valence-corrected chi connectivity index (χ2v) is 5.70. The number of nitrogens with two attached hydrogens (primary N) is 1. The standard InChI is InChI=1S/C16H26N2O/c1-13-7-10-18(11-8-13)9-3-4-14-5-6-16(19-2)15(17)12-14/h5-6,12-13H,3-4,7-11,17H2,1-2H3. The largest absolute Gasteiger partial charge is 0.495 e. The molecule has 2 N–H and O–H groups in total. The van der Waals surface area contributed by atoms with Gasteiger partial charge in [0.25, 0.3) is 0 Å². The average molecular weight is 262 g/mol. The summed E-state index contributed by atoms with van der Waals surface area (Å²) < 4.78 is 5.18. The van der Waals surface area contributed by atoms with E-state index in [0.717, 1.165) is 23.8 Å². The van der Waals surface area contributed by atoms with Gasteiger partial charge in [0.2, 0.25) is 0 Å². The molecule has 0 amide bonds. The fourth-order valence-electron chi connectivity index (χ4n) is 2.73. The zero-order chi connectivity index (χ0) is 13.7. The summed E-state index contributed by atoms with van der Waals surface area (Å²) in [6, 6.07) is 6.12. The van der Waals surface area contributed by atoms with Crippen LogP contribution in [0, 0.1) is 5.92 Å². The number of benzene rings is 1. The number of aryl methyl sites for hydroxylation is 1. The molecule has 0 unspecified atom stereocenters. The number of rotatable bonds is 5. The van der Waals surface area contributed by atoms with Gasteiger partial charge in [-0.15, -0.1) is 0 Å². The van der Waals surface area contributed by atoms with E-state index >= 15 is 0 Å². The molecule has 0 saturated carbocycles. The van der Waals surface area contributed by atoms with Gasteiger partial charge in [-0.05, 0) is 68.9 Å². The number of likely N-dealkylation sites (tertiary alicyclic amines) is 1. The van der Waals surface area contributed by atoms with E-state index in [9.17, 15) is 0 Å². The number of methoxy groups -OCH3 is 1. The van der Waals surface area contributed by atoms with Crippen LogP contribution in [0.2, 0.25) is 0 Å². The van der Waals surface area contributed by atoms with Crippen molar-refractivity contribution in [3.8, 4) is 5.75 Å². The van der Waals surface area contributed by atoms with Gasteiger partial charge in [-0.1, -0.05) is 13.0 Å². The Labute approximate surface area is 116 Å². The number of nitrogens with zero attached hydrogens (tertiary/aromatic N) is 1. The Morgan fingerprint density at radius 2 is 2.05 bits per heavy atom. The summed E-state index contributed by atoms with van der Waals surface area (Å²) in [5, 5.41) is 0. The van der Waals surface area contributed by atoms with Crippen LogP contribution in [0.4, 0.5) is 5.69 Å². The highest BCUT2D eigenvalue weighted by Gasteiger charge is 2.14. The number of anilines is 1. The summed E-state index contributed by atoms with van der Waals surface area (Å²) in [4.78, 5) is 2.59. The van der Waals surface area contributed by atoms with Crippen molar-refractivity contribution in [1.29, 1.82) is 0 Å². The van der Waals surface area contributed by atoms with Crippen LogP contribution >= 0.6 is 0 Å². The molecule has 2 rings (SSSR count). The predicted molar refractivity (Wildman–Crippen MR) is 80.6 cm³/mol. The highest BCUT2D eigenvalue weighted by molar-refractivity contribution is 5.54. The molecule has 1 aliphatic heterocycles. The van der Waals surface area contributed by atoms with Crippen LogP contribution in [0.25, 0.3) is 0 Å². The topological polar surface area (TPSA) is 38.5 Å². The first-order valence-corrected chi connectivity index (χ1v) is 7.34. The third kappa shape index (κ3) is 4.13. The van der Waals surface area contributed by atoms with Crippen molar-refractivity contribution in [2.45, 2.75) is 32.6 Å². The Bertz CT molecular complexity index is 398. The fourth-order valence-corrected chi connectivity index (χ4v) is 2.73. The second-order valence-electron chi connectivity index (χ2n) is 5.70. The van der Waals surface area contributed by atoms with Gasteiger partial charge in [0, 0.05) is 0 Å². The summed E-state index contributed by atoms with van der Waals surface area (Å²) in [6.45, 7) is 6.11. The molecule has 106 valence electrons. The fraction of sp³-hybridized carbons (Fsp3) is 0.625. The molecule has 0 radical (unpaired) electrons. The molecule has 1 fully saturated rings. The minimum Gasteiger partial charge on any atom is -0.495 e. The molecule has 1 aromatic carbocycles. The molecule has 0 atom stereocenters. The van der Waals surface area contributed by atoms with Gasteiger partial charge < -0.3 is 15.4 Å². The van der Waals surface area contributed by atoms with Crippen LogP contribution in [-0.2, 0) is 6.42 Å². The van der Waals surface area contributed by atoms with Crippen LogP contribution in [0.3, 0.4) is 0 Å². The first kappa shape index (κ1) is 14.2. The number of hydrogen-bond donors (Lipinski definition) is 1. The van der Waals surface area contributed by atoms with Crippen LogP contribution in [0.15, 0.2) is 18.2 Å². The summed E-state index contributed by atoms with van der Waals surface area (Å²) in [7, 11) is 1.66. The van der Waals surface area contributed by atoms with E-state index in [-0.39, 0.29) is 0 Å². The van der Waals surface area contributed by atoms with Crippen molar-refractivity contribution >= 4 is 5.69 Å². The molecule has 3 nitrogen and oxygen atoms in total. The second kappa shape index (κ2) is 6.80. The van der Waals surface area contributed by atoms with Gasteiger partial charge >= 0.3 is 0 Å². The van der Waals surface area contributed by atoms with Crippen molar-refractivity contribution in [3.63, 3.8) is 0 Å². The predicted octanol–water partition coefficient (Wildman–Crippen LogP) is 2.94. The number of nitrogen functional groups attached to an aromatic ring is 1. The number of ether oxygens (including phenoxy) is 1. The molecule has 0 aromatic heterocycles. The van der Waals surface area contributed by atoms with E-state index in [1.54, 1.807) is 7.11 Å². The maximum absolute atomic E-state index is 5.93. The van der Waals surface area contributed by atoms with Gasteiger partial charge in [-0.3, -0.25) is 0 Å². The Morgan fingerprint density at radius 1 is 1.32 bits per heavy atom. The molecule has 19 heavy (non-hydrogen) atoms. The van der Waals surface area contributed by atoms with E-state index in [4.69, 9.17) is 10.5 Å². The van der Waals surface area contributed by atoms with Crippen LogP contribution in [0.1, 0.15) is 31.7 Å². The minimum atomic E-state index is 0.742. The molecule has 1 aromatic rings. The van der Waals surface area contributed by atoms with Crippen molar-refractivity contribution in [2.75, 3.05) is 32.5 Å². The van der Waals surface area contributed by atoms with E-state index in [1.807, 2.05) is 12.1 Å². The lowest BCUT2D eigenvalue weighted by Gasteiger charge is -2.30. The molecule has 0 bridgehead atoms. The van der Waals surface area contributed by atoms with Crippen molar-refractivity contribution in [1.82, 2.24) is 4.90 Å². The normalized spacial score (nSPS) is 17.6. The SMILES string of the molecule is COc1ccc(CCCN2CCC(C)CC2)cc1N. The van der Waals surface area contributed by atoms with E-state index < -0.39 is 0 Å². The van der Waals surface area contributed by atoms with Crippen molar-refractivity contribution in [3.05, 3.63) is 23.8 Å². The Balaban J connectivity index is 1.75. The molecule has 1 aliphatic rings. The van der Waals surface area contributed by atoms with Gasteiger partial charge in [0.05, 0.1) is 12.8 Å². The number of hydrogen-bond acceptors (Lipinski definition) is 3. The maximum atomic E-state index is 5.93. The van der Waals surface area contributed by atoms with E-state index in [0.29, 0.717) is 0 Å². The zero-order valence-corrected chi connectivity index (χ0v) is 12.2. The average Bonchev–Trinajstić information content (AvgIpc) is 2.41. The van der Waals surface area contributed by atoms with Crippen LogP contribution < -0.4 is 10.5 Å². The Hall–Kier alpha value is -1.22. The molecular weight excluding hydrogens is 236 g/mol. The van der Waals surface area contributed by atoms with Crippen LogP contribution in [0.5, 0.6) is 5.75 Å². The highest BCUT2D eigenvalue weighted by atomic mass is 16.5. The third-order valence-electron chi connectivity index (χ3n) is 4.11. The van der Waals surface area contributed by atoms with Crippen LogP contribution in [-0.4, -0.2) is 31.6 Å². The monoisotopic (exact) mass is 262 g/mol. The van der Waals surface area contributed by atoms with Crippen molar-refractivity contribution < 1.29 is 4.74 Å². The van der Waals surface area contributed by atoms with E-state index in [1.165, 1.54) is 44.5 Å². The lowest BCUT2D eigenvalue weighted by atomic mass is 9.99. The smallest absolute Gasteiger partial charge is 0.141 e. The third-order valence-corrected chi connectivity index (χ3v) is 4.11. The lowest BCUT2D eigenvalue weighted by molar-refractivity contribution is 0.191. The van der Waals surface area contributed by atoms with E-state index in [2.05, 4.69) is 17.9 Å². The Kier molecular flexibility index (Phi) is 5.08. The summed E-state index contributed by atoms with van der Waals surface area (Å²) in [6.07, 6.45) is 5.02. The zero-order valence-electron chi connectivity index (χ0n) is 12.2. The first-order chi connectivity index (χ1) is 9.19. The molecule has 1 saturated heterocycles. The van der Waals surface area contributed by atoms with Gasteiger partial charge in [-0.25, -0.2) is 0 Å². The summed E-state index contributed by atoms with van der Waals surface area (Å²) >= 11 is 0. The van der Waals surface area contributed by atoms with Gasteiger partial charge in [-0.2, -0.15) is 0 Å². The summed E-state index contributed by atoms with van der Waals surface area (Å²) in [5.74, 6) is 1.69. The maximum Gasteiger partial charge on any atom is 0.141 e. The van der Waals surface area contributed by atoms with Gasteiger partial charge in [0.1, 0.15) is 5.75 Å². The molecule has 0 aliphatic carbocycles. The summed E-state index contributed by atoms with van der Waals surface area (Å²) in [5.41, 5.74) is 7.98. The molecule has 0 spiro atoms. The molecule has 3 heteroatoms. The molecule has 1 heterocycles. The van der Waals surface area contributed by atoms with Gasteiger partial charge in [0.15, 0.2) is 0 Å². The Morgan fingerprint density at radius 3 is 2.68 bits per heavy atom. The molecular formula is C16H26N2O. The minimum absolute atomic E-state index is 0.742. The van der Waals surface area contributed by atoms with Crippen molar-refractivity contribution in [2.24, 2.45) is 5.92 Å². The lowest BCUT2D eigenvalue weighted by Crippen LogP contribution is -2.33. The highest BCUT2D eigenvalue weighted by Crippen LogP contribution is 2.23. The quantitative estimate of drug-likeness (QED) is 0.829.